The van der Waals surface area contributed by atoms with Crippen molar-refractivity contribution in [2.24, 2.45) is 0 Å². The number of aliphatic carboxylic acids is 1. The Morgan fingerprint density at radius 3 is 2.79 bits per heavy atom. The maximum absolute atomic E-state index is 11.6. The van der Waals surface area contributed by atoms with Gasteiger partial charge in [-0.3, -0.25) is 4.98 Å². The van der Waals surface area contributed by atoms with Crippen LogP contribution >= 0.6 is 0 Å². The molecule has 3 N–H and O–H groups in total. The van der Waals surface area contributed by atoms with E-state index >= 15 is 0 Å². The maximum Gasteiger partial charge on any atom is 0.326 e. The first-order chi connectivity index (χ1) is 9.04. The molecule has 0 radical (unpaired) electrons. The summed E-state index contributed by atoms with van der Waals surface area (Å²) in [5.41, 5.74) is 1.74. The van der Waals surface area contributed by atoms with Gasteiger partial charge in [-0.15, -0.1) is 0 Å². The van der Waals surface area contributed by atoms with Gasteiger partial charge < -0.3 is 15.7 Å². The van der Waals surface area contributed by atoms with E-state index in [1.807, 2.05) is 26.0 Å². The van der Waals surface area contributed by atoms with E-state index in [1.54, 1.807) is 6.20 Å². The molecule has 0 aliphatic rings. The second-order valence-corrected chi connectivity index (χ2v) is 4.27. The molecule has 0 fully saturated rings. The number of hydrogen-bond acceptors (Lipinski definition) is 3. The minimum absolute atomic E-state index is 0.275. The van der Waals surface area contributed by atoms with Crippen LogP contribution in [0, 0.1) is 6.92 Å². The first-order valence-corrected chi connectivity index (χ1v) is 6.22. The SMILES string of the molecule is CCCC(NC(=O)NCc1ncccc1C)C(=O)O. The van der Waals surface area contributed by atoms with Crippen molar-refractivity contribution in [1.29, 1.82) is 0 Å². The van der Waals surface area contributed by atoms with Gasteiger partial charge >= 0.3 is 12.0 Å². The highest BCUT2D eigenvalue weighted by molar-refractivity contribution is 5.82. The van der Waals surface area contributed by atoms with E-state index in [1.165, 1.54) is 0 Å². The Kier molecular flexibility index (Phi) is 5.78. The van der Waals surface area contributed by atoms with Crippen LogP contribution in [-0.2, 0) is 11.3 Å². The molecule has 6 heteroatoms. The molecule has 0 saturated carbocycles. The third-order valence-corrected chi connectivity index (χ3v) is 2.72. The number of aryl methyl sites for hydroxylation is 1. The number of nitrogens with zero attached hydrogens (tertiary/aromatic N) is 1. The summed E-state index contributed by atoms with van der Waals surface area (Å²) in [4.78, 5) is 26.6. The Balaban J connectivity index is 2.47. The second-order valence-electron chi connectivity index (χ2n) is 4.27. The van der Waals surface area contributed by atoms with Crippen LogP contribution in [0.5, 0.6) is 0 Å². The highest BCUT2D eigenvalue weighted by Gasteiger charge is 2.18. The number of pyridine rings is 1. The molecule has 0 aliphatic carbocycles. The zero-order valence-corrected chi connectivity index (χ0v) is 11.1. The van der Waals surface area contributed by atoms with E-state index in [2.05, 4.69) is 15.6 Å². The van der Waals surface area contributed by atoms with Crippen molar-refractivity contribution >= 4 is 12.0 Å². The number of amides is 2. The third-order valence-electron chi connectivity index (χ3n) is 2.72. The highest BCUT2D eigenvalue weighted by Crippen LogP contribution is 2.02. The van der Waals surface area contributed by atoms with Crippen molar-refractivity contribution < 1.29 is 14.7 Å². The molecule has 1 aromatic rings. The number of carbonyl (C=O) groups is 2. The summed E-state index contributed by atoms with van der Waals surface area (Å²) in [5.74, 6) is -1.02. The Morgan fingerprint density at radius 2 is 2.21 bits per heavy atom. The third kappa shape index (κ3) is 4.95. The maximum atomic E-state index is 11.6. The van der Waals surface area contributed by atoms with Gasteiger partial charge in [0.05, 0.1) is 12.2 Å². The Hall–Kier alpha value is -2.11. The summed E-state index contributed by atoms with van der Waals surface area (Å²) in [6.45, 7) is 4.04. The Morgan fingerprint density at radius 1 is 1.47 bits per heavy atom. The van der Waals surface area contributed by atoms with E-state index in [9.17, 15) is 9.59 Å². The van der Waals surface area contributed by atoms with Crippen molar-refractivity contribution in [3.05, 3.63) is 29.6 Å². The number of carbonyl (C=O) groups excluding carboxylic acids is 1. The average molecular weight is 265 g/mol. The van der Waals surface area contributed by atoms with Crippen LogP contribution in [-0.4, -0.2) is 28.1 Å². The molecule has 6 nitrogen and oxygen atoms in total. The van der Waals surface area contributed by atoms with Gasteiger partial charge in [0.15, 0.2) is 0 Å². The second kappa shape index (κ2) is 7.35. The summed E-state index contributed by atoms with van der Waals surface area (Å²) in [7, 11) is 0. The summed E-state index contributed by atoms with van der Waals surface area (Å²) in [6, 6.07) is 2.38. The first-order valence-electron chi connectivity index (χ1n) is 6.22. The van der Waals surface area contributed by atoms with E-state index < -0.39 is 18.0 Å². The van der Waals surface area contributed by atoms with Crippen molar-refractivity contribution in [1.82, 2.24) is 15.6 Å². The fourth-order valence-corrected chi connectivity index (χ4v) is 1.62. The number of carboxylic acid groups (broad SMARTS) is 1. The lowest BCUT2D eigenvalue weighted by atomic mass is 10.2. The number of carboxylic acids is 1. The lowest BCUT2D eigenvalue weighted by Crippen LogP contribution is -2.45. The van der Waals surface area contributed by atoms with Gasteiger partial charge in [0, 0.05) is 6.20 Å². The normalized spacial score (nSPS) is 11.7. The quantitative estimate of drug-likeness (QED) is 0.726. The average Bonchev–Trinajstić information content (AvgIpc) is 2.37. The van der Waals surface area contributed by atoms with E-state index in [4.69, 9.17) is 5.11 Å². The van der Waals surface area contributed by atoms with Gasteiger partial charge in [-0.05, 0) is 25.0 Å². The molecule has 1 rings (SSSR count). The predicted octanol–water partition coefficient (Wildman–Crippen LogP) is 1.44. The zero-order valence-electron chi connectivity index (χ0n) is 11.1. The van der Waals surface area contributed by atoms with Crippen molar-refractivity contribution in [3.8, 4) is 0 Å². The van der Waals surface area contributed by atoms with E-state index in [-0.39, 0.29) is 6.54 Å². The molecule has 0 aliphatic heterocycles. The Labute approximate surface area is 112 Å². The fraction of sp³-hybridized carbons (Fsp3) is 0.462. The molecule has 2 amide bonds. The summed E-state index contributed by atoms with van der Waals surface area (Å²) in [6.07, 6.45) is 2.75. The minimum atomic E-state index is -1.02. The number of urea groups is 1. The lowest BCUT2D eigenvalue weighted by Gasteiger charge is -2.14. The number of hydrogen-bond donors (Lipinski definition) is 3. The molecule has 1 heterocycles. The molecule has 0 aromatic carbocycles. The molecule has 1 atom stereocenters. The fourth-order valence-electron chi connectivity index (χ4n) is 1.62. The largest absolute Gasteiger partial charge is 0.480 e. The van der Waals surface area contributed by atoms with Crippen LogP contribution in [0.25, 0.3) is 0 Å². The van der Waals surface area contributed by atoms with Gasteiger partial charge in [-0.25, -0.2) is 9.59 Å². The van der Waals surface area contributed by atoms with E-state index in [0.29, 0.717) is 12.8 Å². The molecule has 104 valence electrons. The molecule has 19 heavy (non-hydrogen) atoms. The summed E-state index contributed by atoms with van der Waals surface area (Å²) >= 11 is 0. The summed E-state index contributed by atoms with van der Waals surface area (Å²) in [5, 5.41) is 14.0. The molecule has 0 bridgehead atoms. The van der Waals surface area contributed by atoms with Crippen molar-refractivity contribution in [2.45, 2.75) is 39.3 Å². The van der Waals surface area contributed by atoms with Crippen LogP contribution in [0.4, 0.5) is 4.79 Å². The van der Waals surface area contributed by atoms with Crippen LogP contribution in [0.3, 0.4) is 0 Å². The highest BCUT2D eigenvalue weighted by atomic mass is 16.4. The minimum Gasteiger partial charge on any atom is -0.480 e. The van der Waals surface area contributed by atoms with Gasteiger partial charge in [0.1, 0.15) is 6.04 Å². The number of nitrogens with one attached hydrogen (secondary N) is 2. The topological polar surface area (TPSA) is 91.3 Å². The number of aromatic nitrogens is 1. The standard InChI is InChI=1S/C13H19N3O3/c1-3-5-10(12(17)18)16-13(19)15-8-11-9(2)6-4-7-14-11/h4,6-7,10H,3,5,8H2,1-2H3,(H,17,18)(H2,15,16,19). The van der Waals surface area contributed by atoms with Crippen molar-refractivity contribution in [3.63, 3.8) is 0 Å². The van der Waals surface area contributed by atoms with Crippen LogP contribution in [0.1, 0.15) is 31.0 Å². The lowest BCUT2D eigenvalue weighted by molar-refractivity contribution is -0.139. The smallest absolute Gasteiger partial charge is 0.326 e. The molecular formula is C13H19N3O3. The number of rotatable bonds is 6. The van der Waals surface area contributed by atoms with Gasteiger partial charge in [-0.2, -0.15) is 0 Å². The van der Waals surface area contributed by atoms with Crippen LogP contribution < -0.4 is 10.6 Å². The first kappa shape index (κ1) is 14.9. The monoisotopic (exact) mass is 265 g/mol. The van der Waals surface area contributed by atoms with Gasteiger partial charge in [0.25, 0.3) is 0 Å². The molecule has 0 spiro atoms. The Bertz CT molecular complexity index is 449. The van der Waals surface area contributed by atoms with Crippen molar-refractivity contribution in [2.75, 3.05) is 0 Å². The van der Waals surface area contributed by atoms with Crippen LogP contribution in [0.2, 0.25) is 0 Å². The van der Waals surface area contributed by atoms with E-state index in [0.717, 1.165) is 11.3 Å². The molecular weight excluding hydrogens is 246 g/mol. The van der Waals surface area contributed by atoms with Crippen LogP contribution in [0.15, 0.2) is 18.3 Å². The van der Waals surface area contributed by atoms with Gasteiger partial charge in [0.2, 0.25) is 0 Å². The predicted molar refractivity (Wildman–Crippen MR) is 70.7 cm³/mol. The molecule has 1 aromatic heterocycles. The zero-order chi connectivity index (χ0) is 14.3. The van der Waals surface area contributed by atoms with Gasteiger partial charge in [-0.1, -0.05) is 19.4 Å². The molecule has 0 saturated heterocycles. The summed E-state index contributed by atoms with van der Waals surface area (Å²) < 4.78 is 0. The molecule has 1 unspecified atom stereocenters.